The first-order valence-corrected chi connectivity index (χ1v) is 5.66. The predicted molar refractivity (Wildman–Crippen MR) is 64.9 cm³/mol. The van der Waals surface area contributed by atoms with Crippen molar-refractivity contribution in [3.63, 3.8) is 0 Å². The summed E-state index contributed by atoms with van der Waals surface area (Å²) in [5.41, 5.74) is -1.45. The third kappa shape index (κ3) is 2.00. The van der Waals surface area contributed by atoms with Crippen LogP contribution in [0.15, 0.2) is 34.9 Å². The molecule has 0 aliphatic rings. The average Bonchev–Trinajstić information content (AvgIpc) is 2.86. The number of nitrogens with one attached hydrogen (secondary N) is 1. The van der Waals surface area contributed by atoms with Crippen LogP contribution in [-0.4, -0.2) is 31.5 Å². The monoisotopic (exact) mass is 255 g/mol. The molecule has 2 N–H and O–H groups in total. The standard InChI is InChI=1S/C13H15F2NO2/c1-16-12(7-17)13(15,8-14)10-2-3-11-9(6-10)4-5-18-11/h2-6,12,16-17H,7-8H2,1H3. The molecule has 0 bridgehead atoms. The Morgan fingerprint density at radius 3 is 2.83 bits per heavy atom. The summed E-state index contributed by atoms with van der Waals surface area (Å²) >= 11 is 0. The van der Waals surface area contributed by atoms with Crippen LogP contribution in [0, 0.1) is 0 Å². The SMILES string of the molecule is CNC(CO)C(F)(CF)c1ccc2occc2c1. The fraction of sp³-hybridized carbons (Fsp3) is 0.385. The summed E-state index contributed by atoms with van der Waals surface area (Å²) in [6.07, 6.45) is 1.49. The predicted octanol–water partition coefficient (Wildman–Crippen LogP) is 2.15. The fourth-order valence-electron chi connectivity index (χ4n) is 2.06. The number of aliphatic hydroxyl groups is 1. The summed E-state index contributed by atoms with van der Waals surface area (Å²) in [6.45, 7) is -1.69. The summed E-state index contributed by atoms with van der Waals surface area (Å²) < 4.78 is 33.0. The Balaban J connectivity index is 2.47. The molecular formula is C13H15F2NO2. The molecule has 2 unspecified atom stereocenters. The van der Waals surface area contributed by atoms with E-state index >= 15 is 0 Å². The average molecular weight is 255 g/mol. The zero-order valence-electron chi connectivity index (χ0n) is 9.99. The zero-order chi connectivity index (χ0) is 13.2. The number of benzene rings is 1. The highest BCUT2D eigenvalue weighted by Crippen LogP contribution is 2.33. The van der Waals surface area contributed by atoms with Gasteiger partial charge in [0.15, 0.2) is 5.67 Å². The molecule has 2 atom stereocenters. The van der Waals surface area contributed by atoms with E-state index in [0.29, 0.717) is 11.0 Å². The zero-order valence-corrected chi connectivity index (χ0v) is 9.99. The lowest BCUT2D eigenvalue weighted by Gasteiger charge is -2.30. The van der Waals surface area contributed by atoms with Gasteiger partial charge in [0.25, 0.3) is 0 Å². The van der Waals surface area contributed by atoms with E-state index in [-0.39, 0.29) is 5.56 Å². The Morgan fingerprint density at radius 1 is 1.44 bits per heavy atom. The van der Waals surface area contributed by atoms with Gasteiger partial charge < -0.3 is 14.8 Å². The molecule has 0 saturated carbocycles. The molecule has 3 nitrogen and oxygen atoms in total. The van der Waals surface area contributed by atoms with Gasteiger partial charge in [-0.25, -0.2) is 8.78 Å². The van der Waals surface area contributed by atoms with Gasteiger partial charge in [0.05, 0.1) is 18.9 Å². The van der Waals surface area contributed by atoms with Crippen molar-refractivity contribution in [2.24, 2.45) is 0 Å². The molecular weight excluding hydrogens is 240 g/mol. The van der Waals surface area contributed by atoms with Gasteiger partial charge in [0.2, 0.25) is 0 Å². The molecule has 2 aromatic rings. The first-order valence-electron chi connectivity index (χ1n) is 5.66. The van der Waals surface area contributed by atoms with Crippen molar-refractivity contribution in [1.82, 2.24) is 5.32 Å². The van der Waals surface area contributed by atoms with Crippen molar-refractivity contribution in [1.29, 1.82) is 0 Å². The van der Waals surface area contributed by atoms with Gasteiger partial charge in [0.1, 0.15) is 12.3 Å². The summed E-state index contributed by atoms with van der Waals surface area (Å²) in [5.74, 6) is 0. The molecule has 5 heteroatoms. The van der Waals surface area contributed by atoms with Gasteiger partial charge in [-0.2, -0.15) is 0 Å². The topological polar surface area (TPSA) is 45.4 Å². The molecule has 0 aliphatic carbocycles. The van der Waals surface area contributed by atoms with Gasteiger partial charge in [-0.05, 0) is 30.8 Å². The van der Waals surface area contributed by atoms with Gasteiger partial charge in [-0.3, -0.25) is 0 Å². The van der Waals surface area contributed by atoms with E-state index in [2.05, 4.69) is 5.32 Å². The molecule has 0 saturated heterocycles. The maximum atomic E-state index is 14.7. The molecule has 18 heavy (non-hydrogen) atoms. The summed E-state index contributed by atoms with van der Waals surface area (Å²) in [5, 5.41) is 12.4. The molecule has 1 aromatic carbocycles. The van der Waals surface area contributed by atoms with Crippen molar-refractivity contribution in [3.05, 3.63) is 36.1 Å². The van der Waals surface area contributed by atoms with Crippen molar-refractivity contribution in [3.8, 4) is 0 Å². The number of hydrogen-bond acceptors (Lipinski definition) is 3. The highest BCUT2D eigenvalue weighted by atomic mass is 19.2. The maximum absolute atomic E-state index is 14.7. The number of halogens is 2. The van der Waals surface area contributed by atoms with Crippen LogP contribution in [0.25, 0.3) is 11.0 Å². The molecule has 0 spiro atoms. The second-order valence-corrected chi connectivity index (χ2v) is 4.19. The molecule has 0 aliphatic heterocycles. The van der Waals surface area contributed by atoms with E-state index in [0.717, 1.165) is 0 Å². The molecule has 0 fully saturated rings. The van der Waals surface area contributed by atoms with Crippen molar-refractivity contribution < 1.29 is 18.3 Å². The molecule has 0 radical (unpaired) electrons. The van der Waals surface area contributed by atoms with E-state index in [1.807, 2.05) is 0 Å². The summed E-state index contributed by atoms with van der Waals surface area (Å²) in [6, 6.07) is 5.31. The minimum absolute atomic E-state index is 0.187. The number of furan rings is 1. The van der Waals surface area contributed by atoms with Gasteiger partial charge in [-0.1, -0.05) is 6.07 Å². The van der Waals surface area contributed by atoms with Gasteiger partial charge >= 0.3 is 0 Å². The highest BCUT2D eigenvalue weighted by molar-refractivity contribution is 5.78. The second-order valence-electron chi connectivity index (χ2n) is 4.19. The van der Waals surface area contributed by atoms with Crippen molar-refractivity contribution in [2.45, 2.75) is 11.7 Å². The third-order valence-corrected chi connectivity index (χ3v) is 3.21. The largest absolute Gasteiger partial charge is 0.464 e. The number of hydrogen-bond donors (Lipinski definition) is 2. The van der Waals surface area contributed by atoms with Crippen LogP contribution in [0.5, 0.6) is 0 Å². The first kappa shape index (κ1) is 13.0. The molecule has 1 heterocycles. The normalized spacial score (nSPS) is 16.7. The quantitative estimate of drug-likeness (QED) is 0.860. The van der Waals surface area contributed by atoms with E-state index in [1.54, 1.807) is 18.2 Å². The minimum atomic E-state index is -2.26. The lowest BCUT2D eigenvalue weighted by Crippen LogP contribution is -2.48. The van der Waals surface area contributed by atoms with Crippen LogP contribution in [0.3, 0.4) is 0 Å². The van der Waals surface area contributed by atoms with E-state index in [1.165, 1.54) is 19.4 Å². The van der Waals surface area contributed by atoms with Crippen molar-refractivity contribution in [2.75, 3.05) is 20.3 Å². The van der Waals surface area contributed by atoms with Crippen LogP contribution in [0.1, 0.15) is 5.56 Å². The van der Waals surface area contributed by atoms with Crippen LogP contribution < -0.4 is 5.32 Å². The van der Waals surface area contributed by atoms with Crippen LogP contribution in [0.4, 0.5) is 8.78 Å². The second kappa shape index (κ2) is 5.04. The number of fused-ring (bicyclic) bond motifs is 1. The number of likely N-dealkylation sites (N-methyl/N-ethyl adjacent to an activating group) is 1. The molecule has 2 rings (SSSR count). The van der Waals surface area contributed by atoms with Crippen LogP contribution in [0.2, 0.25) is 0 Å². The lowest BCUT2D eigenvalue weighted by molar-refractivity contribution is 0.0431. The Kier molecular flexibility index (Phi) is 3.63. The number of aliphatic hydroxyl groups excluding tert-OH is 1. The fourth-order valence-corrected chi connectivity index (χ4v) is 2.06. The van der Waals surface area contributed by atoms with Crippen LogP contribution in [-0.2, 0) is 5.67 Å². The first-order chi connectivity index (χ1) is 8.65. The maximum Gasteiger partial charge on any atom is 0.181 e. The Hall–Kier alpha value is -1.46. The van der Waals surface area contributed by atoms with E-state index < -0.39 is 25.0 Å². The summed E-state index contributed by atoms with van der Waals surface area (Å²) in [7, 11) is 1.49. The van der Waals surface area contributed by atoms with Gasteiger partial charge in [0, 0.05) is 5.39 Å². The Bertz CT molecular complexity index is 524. The Morgan fingerprint density at radius 2 is 2.22 bits per heavy atom. The van der Waals surface area contributed by atoms with Gasteiger partial charge in [-0.15, -0.1) is 0 Å². The third-order valence-electron chi connectivity index (χ3n) is 3.21. The van der Waals surface area contributed by atoms with Crippen LogP contribution >= 0.6 is 0 Å². The molecule has 98 valence electrons. The Labute approximate surface area is 103 Å². The highest BCUT2D eigenvalue weighted by Gasteiger charge is 2.40. The summed E-state index contributed by atoms with van der Waals surface area (Å²) in [4.78, 5) is 0. The molecule has 1 aromatic heterocycles. The number of alkyl halides is 2. The van der Waals surface area contributed by atoms with E-state index in [4.69, 9.17) is 9.52 Å². The smallest absolute Gasteiger partial charge is 0.181 e. The minimum Gasteiger partial charge on any atom is -0.464 e. The number of rotatable bonds is 5. The van der Waals surface area contributed by atoms with E-state index in [9.17, 15) is 8.78 Å². The lowest BCUT2D eigenvalue weighted by atomic mass is 9.89. The molecule has 0 amide bonds. The van der Waals surface area contributed by atoms with Crippen molar-refractivity contribution >= 4 is 11.0 Å².